The molecule has 2 aliphatic rings. The molecule has 22 heavy (non-hydrogen) atoms. The monoisotopic (exact) mass is 311 g/mol. The standard InChI is InChI=1S/C11H22N2.C6H11NO.CH4/c1-7-11(4,5)10-12-8(2)9(3)13(10)6;1-3-5(2)7-4-6(7)8;/h8-9H,7H2,1-6H3;5H,3-4H2,1-2H3;1H4. The fourth-order valence-electron chi connectivity index (χ4n) is 2.45. The summed E-state index contributed by atoms with van der Waals surface area (Å²) in [5.74, 6) is 1.58. The number of likely N-dealkylation sites (N-methyl/N-ethyl adjacent to an activating group) is 1. The molecular weight excluding hydrogens is 274 g/mol. The zero-order valence-electron chi connectivity index (χ0n) is 15.1. The second kappa shape index (κ2) is 7.98. The van der Waals surface area contributed by atoms with Gasteiger partial charge in [0.25, 0.3) is 0 Å². The summed E-state index contributed by atoms with van der Waals surface area (Å²) in [5.41, 5.74) is 0.230. The summed E-state index contributed by atoms with van der Waals surface area (Å²) in [6.07, 6.45) is 2.22. The molecule has 0 N–H and O–H groups in total. The molecular formula is C18H37N3O. The highest BCUT2D eigenvalue weighted by Gasteiger charge is 2.35. The van der Waals surface area contributed by atoms with Gasteiger partial charge in [-0.3, -0.25) is 9.79 Å². The summed E-state index contributed by atoms with van der Waals surface area (Å²) >= 11 is 0. The maximum atomic E-state index is 10.4. The van der Waals surface area contributed by atoms with Crippen LogP contribution in [0.15, 0.2) is 4.99 Å². The molecule has 0 aromatic heterocycles. The summed E-state index contributed by atoms with van der Waals surface area (Å²) in [7, 11) is 2.16. The van der Waals surface area contributed by atoms with Crippen LogP contribution < -0.4 is 0 Å². The van der Waals surface area contributed by atoms with Crippen molar-refractivity contribution in [3.8, 4) is 0 Å². The van der Waals surface area contributed by atoms with Crippen LogP contribution in [0.4, 0.5) is 0 Å². The first-order valence-corrected chi connectivity index (χ1v) is 8.26. The summed E-state index contributed by atoms with van der Waals surface area (Å²) < 4.78 is 0. The van der Waals surface area contributed by atoms with Gasteiger partial charge in [-0.15, -0.1) is 0 Å². The van der Waals surface area contributed by atoms with E-state index in [1.807, 2.05) is 4.90 Å². The number of carbonyl (C=O) groups excluding carboxylic acids is 1. The zero-order valence-corrected chi connectivity index (χ0v) is 15.1. The highest BCUT2D eigenvalue weighted by Crippen LogP contribution is 2.30. The Morgan fingerprint density at radius 3 is 2.05 bits per heavy atom. The smallest absolute Gasteiger partial charge is 0.242 e. The van der Waals surface area contributed by atoms with Gasteiger partial charge in [0, 0.05) is 24.5 Å². The lowest BCUT2D eigenvalue weighted by Crippen LogP contribution is -2.39. The zero-order chi connectivity index (χ0) is 16.4. The van der Waals surface area contributed by atoms with Gasteiger partial charge in [-0.1, -0.05) is 35.1 Å². The Labute approximate surface area is 138 Å². The van der Waals surface area contributed by atoms with E-state index in [0.29, 0.717) is 30.6 Å². The fraction of sp³-hybridized carbons (Fsp3) is 0.889. The molecule has 0 aromatic carbocycles. The molecule has 2 aliphatic heterocycles. The lowest BCUT2D eigenvalue weighted by atomic mass is 9.88. The predicted octanol–water partition coefficient (Wildman–Crippen LogP) is 3.81. The number of nitrogens with zero attached hydrogens (tertiary/aromatic N) is 3. The van der Waals surface area contributed by atoms with E-state index in [0.717, 1.165) is 12.8 Å². The Morgan fingerprint density at radius 1 is 1.32 bits per heavy atom. The van der Waals surface area contributed by atoms with Crippen LogP contribution in [-0.2, 0) is 4.79 Å². The van der Waals surface area contributed by atoms with Gasteiger partial charge in [0.1, 0.15) is 12.4 Å². The lowest BCUT2D eigenvalue weighted by Gasteiger charge is -2.31. The summed E-state index contributed by atoms with van der Waals surface area (Å²) in [5, 5.41) is 0. The van der Waals surface area contributed by atoms with E-state index in [4.69, 9.17) is 4.99 Å². The molecule has 4 heteroatoms. The van der Waals surface area contributed by atoms with E-state index in [9.17, 15) is 4.79 Å². The third kappa shape index (κ3) is 4.72. The van der Waals surface area contributed by atoms with Crippen molar-refractivity contribution >= 4 is 11.7 Å². The van der Waals surface area contributed by atoms with Crippen molar-refractivity contribution in [1.29, 1.82) is 0 Å². The molecule has 1 saturated heterocycles. The molecule has 0 aromatic rings. The Morgan fingerprint density at radius 2 is 1.82 bits per heavy atom. The average molecular weight is 312 g/mol. The van der Waals surface area contributed by atoms with Gasteiger partial charge in [-0.25, -0.2) is 0 Å². The predicted molar refractivity (Wildman–Crippen MR) is 96.4 cm³/mol. The van der Waals surface area contributed by atoms with Crippen molar-refractivity contribution < 1.29 is 4.79 Å². The minimum absolute atomic E-state index is 0. The molecule has 0 radical (unpaired) electrons. The van der Waals surface area contributed by atoms with Gasteiger partial charge in [0.15, 0.2) is 0 Å². The van der Waals surface area contributed by atoms with E-state index in [2.05, 4.69) is 60.4 Å². The normalized spacial score (nSPS) is 25.1. The molecule has 3 unspecified atom stereocenters. The van der Waals surface area contributed by atoms with Gasteiger partial charge < -0.3 is 9.80 Å². The summed E-state index contributed by atoms with van der Waals surface area (Å²) in [4.78, 5) is 19.4. The lowest BCUT2D eigenvalue weighted by molar-refractivity contribution is -0.114. The van der Waals surface area contributed by atoms with Crippen molar-refractivity contribution in [2.45, 2.75) is 86.9 Å². The van der Waals surface area contributed by atoms with Crippen molar-refractivity contribution in [2.24, 2.45) is 10.4 Å². The quantitative estimate of drug-likeness (QED) is 0.740. The fourth-order valence-corrected chi connectivity index (χ4v) is 2.45. The van der Waals surface area contributed by atoms with Gasteiger partial charge in [0.05, 0.1) is 6.04 Å². The van der Waals surface area contributed by atoms with Crippen LogP contribution in [0.5, 0.6) is 0 Å². The Hall–Kier alpha value is -1.06. The van der Waals surface area contributed by atoms with Crippen LogP contribution >= 0.6 is 0 Å². The van der Waals surface area contributed by atoms with E-state index in [1.54, 1.807) is 0 Å². The number of amides is 1. The maximum absolute atomic E-state index is 10.4. The molecule has 1 fully saturated rings. The molecule has 0 spiro atoms. The van der Waals surface area contributed by atoms with Crippen LogP contribution in [0.2, 0.25) is 0 Å². The van der Waals surface area contributed by atoms with Crippen LogP contribution in [0.25, 0.3) is 0 Å². The third-order valence-electron chi connectivity index (χ3n) is 5.10. The second-order valence-electron chi connectivity index (χ2n) is 7.06. The minimum Gasteiger partial charge on any atom is -0.358 e. The number of hydrogen-bond donors (Lipinski definition) is 0. The van der Waals surface area contributed by atoms with Gasteiger partial charge >= 0.3 is 0 Å². The Kier molecular flexibility index (Phi) is 7.60. The molecule has 0 saturated carbocycles. The molecule has 1 amide bonds. The molecule has 0 aliphatic carbocycles. The molecule has 3 atom stereocenters. The van der Waals surface area contributed by atoms with E-state index in [-0.39, 0.29) is 12.8 Å². The molecule has 2 heterocycles. The number of amidine groups is 1. The van der Waals surface area contributed by atoms with Crippen molar-refractivity contribution in [2.75, 3.05) is 13.6 Å². The number of aliphatic imine (C=N–C) groups is 1. The van der Waals surface area contributed by atoms with Gasteiger partial charge in [-0.05, 0) is 33.6 Å². The average Bonchev–Trinajstić information content (AvgIpc) is 3.13. The topological polar surface area (TPSA) is 35.7 Å². The van der Waals surface area contributed by atoms with Crippen LogP contribution in [-0.4, -0.2) is 53.3 Å². The van der Waals surface area contributed by atoms with Crippen molar-refractivity contribution in [1.82, 2.24) is 9.80 Å². The first kappa shape index (κ1) is 20.9. The van der Waals surface area contributed by atoms with Crippen molar-refractivity contribution in [3.63, 3.8) is 0 Å². The Bertz CT molecular complexity index is 403. The molecule has 4 nitrogen and oxygen atoms in total. The highest BCUT2D eigenvalue weighted by atomic mass is 16.2. The van der Waals surface area contributed by atoms with Crippen LogP contribution in [0.1, 0.15) is 68.7 Å². The minimum atomic E-state index is 0. The van der Waals surface area contributed by atoms with E-state index < -0.39 is 0 Å². The number of carbonyl (C=O) groups is 1. The van der Waals surface area contributed by atoms with Gasteiger partial charge in [0.2, 0.25) is 5.91 Å². The maximum Gasteiger partial charge on any atom is 0.242 e. The Balaban J connectivity index is 0.000000423. The first-order valence-electron chi connectivity index (χ1n) is 8.26. The number of hydrogen-bond acceptors (Lipinski definition) is 3. The van der Waals surface area contributed by atoms with E-state index >= 15 is 0 Å². The number of rotatable bonds is 4. The van der Waals surface area contributed by atoms with Gasteiger partial charge in [-0.2, -0.15) is 0 Å². The molecule has 0 bridgehead atoms. The van der Waals surface area contributed by atoms with E-state index in [1.165, 1.54) is 5.84 Å². The molecule has 2 rings (SSSR count). The third-order valence-corrected chi connectivity index (χ3v) is 5.10. The van der Waals surface area contributed by atoms with Crippen molar-refractivity contribution in [3.05, 3.63) is 0 Å². The largest absolute Gasteiger partial charge is 0.358 e. The summed E-state index contributed by atoms with van der Waals surface area (Å²) in [6.45, 7) is 16.1. The molecule has 130 valence electrons. The van der Waals surface area contributed by atoms with Crippen LogP contribution in [0.3, 0.4) is 0 Å². The highest BCUT2D eigenvalue weighted by molar-refractivity contribution is 5.92. The summed E-state index contributed by atoms with van der Waals surface area (Å²) in [6, 6.07) is 1.48. The van der Waals surface area contributed by atoms with Crippen LogP contribution in [0, 0.1) is 5.41 Å². The first-order chi connectivity index (χ1) is 9.65. The SMILES string of the molecule is C.CCC(C)(C)C1=NC(C)C(C)N1C.CCC(C)N1CC1=O. The second-order valence-corrected chi connectivity index (χ2v) is 7.06.